The van der Waals surface area contributed by atoms with Gasteiger partial charge in [0.25, 0.3) is 0 Å². The summed E-state index contributed by atoms with van der Waals surface area (Å²) in [5, 5.41) is 23.2. The molecule has 0 radical (unpaired) electrons. The van der Waals surface area contributed by atoms with Crippen LogP contribution in [0.3, 0.4) is 0 Å². The molecule has 0 saturated heterocycles. The SMILES string of the molecule is Brc1ccc(-c2ccc(N(c3ccc(-c4ccccc4)cc3)c3cccc4c3oc3ccccc34)cc2)cc1.Brc1ccc2ccc3ccccc3c2c1.C.Nc1ccccc1.c1ccc(-c2ccc(N(c3ccc(-c4ccc(N(c5ccccc5)c5ccc6ccc7ccccc7c6c5)cc4)cc3)c3cccc4c3oc3ccccc34)cc2)cc1.c1ccc(Nc2ccc3ccc4ccccc4c3c2)cc1. The zero-order valence-corrected chi connectivity index (χ0v) is 80.1. The second kappa shape index (κ2) is 41.8. The second-order valence-corrected chi connectivity index (χ2v) is 36.6. The molecule has 0 aliphatic heterocycles. The first-order valence-electron chi connectivity index (χ1n) is 47.3. The van der Waals surface area contributed by atoms with E-state index in [1.807, 2.05) is 78.9 Å². The van der Waals surface area contributed by atoms with E-state index < -0.39 is 0 Å². The number of halogens is 2. The molecule has 0 aliphatic rings. The van der Waals surface area contributed by atoms with Gasteiger partial charge >= 0.3 is 0 Å². The summed E-state index contributed by atoms with van der Waals surface area (Å²) in [6.07, 6.45) is 0. The third-order valence-corrected chi connectivity index (χ3v) is 26.9. The van der Waals surface area contributed by atoms with Crippen molar-refractivity contribution in [1.29, 1.82) is 0 Å². The van der Waals surface area contributed by atoms with Crippen molar-refractivity contribution in [3.8, 4) is 44.5 Å². The maximum Gasteiger partial charge on any atom is 0.159 e. The minimum absolute atomic E-state index is 0. The summed E-state index contributed by atoms with van der Waals surface area (Å²) in [5.74, 6) is 0. The van der Waals surface area contributed by atoms with Gasteiger partial charge < -0.3 is 34.6 Å². The normalized spacial score (nSPS) is 11.0. The molecule has 0 aliphatic carbocycles. The molecule has 0 amide bonds. The molecule has 0 spiro atoms. The standard InChI is InChI=1S/C56H38N2O.C36H24BrNO.C20H15N.C14H9Br.C6H7N.CH4/c1-3-12-39(13-4-1)40-26-33-47(34-27-40)58(54-20-11-19-52-51-18-9-10-21-55(51)59-56(52)54)48-35-28-42(29-36-48)41-24-31-46(32-25-41)57(45-15-5-2-6-16-45)49-37-30-44-23-22-43-14-7-8-17-50(43)53(44)38-49;37-29-19-13-26(14-20-29)28-17-23-31(24-18-28)38(30-21-15-27(16-22-30)25-7-2-1-3-8-25)34-11-6-10-33-32-9-4-5-12-35(32)39-36(33)34;1-2-7-17(8-3-1)21-18-13-12-16-11-10-15-6-4-5-9-19(15)20(16)14-18;15-12-8-7-11-6-5-10-3-1-2-4-13(10)14(11)9-12;7-6-4-2-1-3-5-6;/h1-38H;1-24H;1-14,21H;1-9H;1-5H,7H2;1H4. The van der Waals surface area contributed by atoms with Crippen molar-refractivity contribution in [2.45, 2.75) is 7.43 Å². The summed E-state index contributed by atoms with van der Waals surface area (Å²) in [6.45, 7) is 0. The molecular formula is C133H97Br2N5O2. The number of hydrogen-bond donors (Lipinski definition) is 2. The summed E-state index contributed by atoms with van der Waals surface area (Å²) in [6, 6.07) is 192. The molecule has 3 N–H and O–H groups in total. The van der Waals surface area contributed by atoms with Crippen LogP contribution in [0.1, 0.15) is 7.43 Å². The number of nitrogens with one attached hydrogen (secondary N) is 1. The Bertz CT molecular complexity index is 8880. The Kier molecular flexibility index (Phi) is 26.7. The topological polar surface area (TPSA) is 74.1 Å². The van der Waals surface area contributed by atoms with Gasteiger partial charge in [-0.25, -0.2) is 0 Å². The van der Waals surface area contributed by atoms with Crippen molar-refractivity contribution in [1.82, 2.24) is 0 Å². The average molecular weight is 1960 g/mol. The first-order valence-corrected chi connectivity index (χ1v) is 48.9. The smallest absolute Gasteiger partial charge is 0.159 e. The Morgan fingerprint density at radius 1 is 0.183 bits per heavy atom. The molecule has 9 heteroatoms. The van der Waals surface area contributed by atoms with Crippen molar-refractivity contribution in [2.75, 3.05) is 25.8 Å². The maximum absolute atomic E-state index is 6.58. The fourth-order valence-electron chi connectivity index (χ4n) is 18.9. The molecule has 142 heavy (non-hydrogen) atoms. The largest absolute Gasteiger partial charge is 0.454 e. The average Bonchev–Trinajstić information content (AvgIpc) is 1.66. The number of fused-ring (bicyclic) bond motifs is 15. The van der Waals surface area contributed by atoms with Gasteiger partial charge in [-0.15, -0.1) is 0 Å². The zero-order chi connectivity index (χ0) is 94.7. The van der Waals surface area contributed by atoms with E-state index in [2.05, 4.69) is 519 Å². The summed E-state index contributed by atoms with van der Waals surface area (Å²) in [4.78, 5) is 6.93. The van der Waals surface area contributed by atoms with Crippen LogP contribution in [-0.2, 0) is 0 Å². The van der Waals surface area contributed by atoms with E-state index in [4.69, 9.17) is 14.6 Å². The van der Waals surface area contributed by atoms with E-state index in [0.717, 1.165) is 132 Å². The fraction of sp³-hybridized carbons (Fsp3) is 0.00752. The van der Waals surface area contributed by atoms with Gasteiger partial charge in [-0.2, -0.15) is 0 Å². The highest BCUT2D eigenvalue weighted by molar-refractivity contribution is 9.10. The minimum Gasteiger partial charge on any atom is -0.454 e. The van der Waals surface area contributed by atoms with E-state index in [0.29, 0.717) is 0 Å². The zero-order valence-electron chi connectivity index (χ0n) is 77.0. The van der Waals surface area contributed by atoms with E-state index in [-0.39, 0.29) is 7.43 Å². The molecular weight excluding hydrogens is 1860 g/mol. The number of hydrogen-bond acceptors (Lipinski definition) is 7. The van der Waals surface area contributed by atoms with Gasteiger partial charge in [-0.1, -0.05) is 415 Å². The summed E-state index contributed by atoms with van der Waals surface area (Å²) < 4.78 is 15.2. The monoisotopic (exact) mass is 1950 g/mol. The summed E-state index contributed by atoms with van der Waals surface area (Å²) >= 11 is 7.06. The van der Waals surface area contributed by atoms with Gasteiger partial charge in [-0.05, 0) is 279 Å². The first kappa shape index (κ1) is 90.8. The number of anilines is 12. The molecule has 680 valence electrons. The van der Waals surface area contributed by atoms with Crippen molar-refractivity contribution in [3.63, 3.8) is 0 Å². The molecule has 0 atom stereocenters. The Hall–Kier alpha value is -17.6. The van der Waals surface area contributed by atoms with Crippen LogP contribution in [0.5, 0.6) is 0 Å². The quantitative estimate of drug-likeness (QED) is 0.0782. The Balaban J connectivity index is 0.000000122. The molecule has 26 rings (SSSR count). The van der Waals surface area contributed by atoms with Crippen LogP contribution in [0.25, 0.3) is 153 Å². The van der Waals surface area contributed by atoms with Crippen LogP contribution < -0.4 is 25.8 Å². The molecule has 2 aromatic heterocycles. The number of nitrogen functional groups attached to an aromatic ring is 1. The number of furan rings is 2. The molecule has 0 fully saturated rings. The van der Waals surface area contributed by atoms with Gasteiger partial charge in [0.1, 0.15) is 11.2 Å². The van der Waals surface area contributed by atoms with Gasteiger partial charge in [0.05, 0.1) is 11.4 Å². The molecule has 0 unspecified atom stereocenters. The van der Waals surface area contributed by atoms with Crippen LogP contribution in [0.2, 0.25) is 0 Å². The van der Waals surface area contributed by atoms with Crippen molar-refractivity contribution < 1.29 is 8.83 Å². The lowest BCUT2D eigenvalue weighted by molar-refractivity contribution is 0.668. The molecule has 0 bridgehead atoms. The lowest BCUT2D eigenvalue weighted by Crippen LogP contribution is -2.10. The number of para-hydroxylation sites is 7. The van der Waals surface area contributed by atoms with Crippen molar-refractivity contribution >= 4 is 209 Å². The second-order valence-electron chi connectivity index (χ2n) is 34.8. The maximum atomic E-state index is 6.58. The third kappa shape index (κ3) is 19.6. The molecule has 2 heterocycles. The predicted molar refractivity (Wildman–Crippen MR) is 614 cm³/mol. The number of rotatable bonds is 15. The molecule has 24 aromatic carbocycles. The third-order valence-electron chi connectivity index (χ3n) is 25.9. The van der Waals surface area contributed by atoms with E-state index in [1.165, 1.54) is 98.0 Å². The fourth-order valence-corrected chi connectivity index (χ4v) is 19.6. The van der Waals surface area contributed by atoms with Crippen molar-refractivity contribution in [2.24, 2.45) is 0 Å². The van der Waals surface area contributed by atoms with Gasteiger partial charge in [0.2, 0.25) is 0 Å². The highest BCUT2D eigenvalue weighted by Crippen LogP contribution is 2.48. The first-order chi connectivity index (χ1) is 69.6. The van der Waals surface area contributed by atoms with Crippen LogP contribution >= 0.6 is 31.9 Å². The molecule has 7 nitrogen and oxygen atoms in total. The number of benzene rings is 24. The predicted octanol–water partition coefficient (Wildman–Crippen LogP) is 39.7. The van der Waals surface area contributed by atoms with Crippen LogP contribution in [0, 0.1) is 0 Å². The highest BCUT2D eigenvalue weighted by Gasteiger charge is 2.24. The summed E-state index contributed by atoms with van der Waals surface area (Å²) in [7, 11) is 0. The Morgan fingerprint density at radius 2 is 0.458 bits per heavy atom. The number of nitrogens with two attached hydrogens (primary N) is 1. The highest BCUT2D eigenvalue weighted by atomic mass is 79.9. The van der Waals surface area contributed by atoms with Gasteiger partial charge in [0, 0.05) is 87.4 Å². The number of nitrogens with zero attached hydrogens (tertiary/aromatic N) is 3. The Labute approximate surface area is 843 Å². The minimum atomic E-state index is 0. The molecule has 0 saturated carbocycles. The molecule has 26 aromatic rings. The van der Waals surface area contributed by atoms with Crippen LogP contribution in [0.15, 0.2) is 564 Å². The van der Waals surface area contributed by atoms with Crippen LogP contribution in [0.4, 0.5) is 68.2 Å². The van der Waals surface area contributed by atoms with E-state index in [9.17, 15) is 0 Å². The van der Waals surface area contributed by atoms with Crippen LogP contribution in [-0.4, -0.2) is 0 Å². The lowest BCUT2D eigenvalue weighted by Gasteiger charge is -2.26. The van der Waals surface area contributed by atoms with Gasteiger partial charge in [0.15, 0.2) is 11.2 Å². The lowest BCUT2D eigenvalue weighted by atomic mass is 10.0. The van der Waals surface area contributed by atoms with Crippen molar-refractivity contribution in [3.05, 3.63) is 555 Å². The van der Waals surface area contributed by atoms with E-state index >= 15 is 0 Å². The summed E-state index contributed by atoms with van der Waals surface area (Å²) in [5.41, 5.74) is 30.9. The van der Waals surface area contributed by atoms with Gasteiger partial charge in [-0.3, -0.25) is 0 Å². The van der Waals surface area contributed by atoms with E-state index in [1.54, 1.807) is 0 Å². The Morgan fingerprint density at radius 3 is 0.859 bits per heavy atom.